The zero-order chi connectivity index (χ0) is 13.7. The van der Waals surface area contributed by atoms with Gasteiger partial charge < -0.3 is 5.32 Å². The van der Waals surface area contributed by atoms with Crippen LogP contribution in [0.2, 0.25) is 0 Å². The van der Waals surface area contributed by atoms with Gasteiger partial charge in [-0.2, -0.15) is 0 Å². The number of hydrogen-bond acceptors (Lipinski definition) is 1. The lowest BCUT2D eigenvalue weighted by Gasteiger charge is -2.14. The van der Waals surface area contributed by atoms with Gasteiger partial charge in [-0.05, 0) is 30.2 Å². The maximum atomic E-state index is 11.9. The van der Waals surface area contributed by atoms with Crippen molar-refractivity contribution in [2.75, 3.05) is 0 Å². The van der Waals surface area contributed by atoms with Crippen LogP contribution in [0.5, 0.6) is 0 Å². The fourth-order valence-corrected chi connectivity index (χ4v) is 2.17. The standard InChI is InChI=1S/C16H16BrNO/c1-12(14-7-9-15(17)10-8-14)18-16(19)11-13-5-3-2-4-6-13/h2-10,12H,11H2,1H3,(H,18,19)/t12-/m1/s1. The Hall–Kier alpha value is -1.61. The number of carbonyl (C=O) groups excluding carboxylic acids is 1. The zero-order valence-corrected chi connectivity index (χ0v) is 12.4. The van der Waals surface area contributed by atoms with E-state index in [9.17, 15) is 4.79 Å². The van der Waals surface area contributed by atoms with Gasteiger partial charge in [0, 0.05) is 4.47 Å². The second-order valence-electron chi connectivity index (χ2n) is 4.50. The maximum absolute atomic E-state index is 11.9. The first-order chi connectivity index (χ1) is 9.15. The second-order valence-corrected chi connectivity index (χ2v) is 5.42. The van der Waals surface area contributed by atoms with Crippen molar-refractivity contribution in [3.05, 3.63) is 70.2 Å². The molecule has 2 nitrogen and oxygen atoms in total. The molecule has 1 N–H and O–H groups in total. The average Bonchev–Trinajstić information content (AvgIpc) is 2.40. The summed E-state index contributed by atoms with van der Waals surface area (Å²) in [7, 11) is 0. The van der Waals surface area contributed by atoms with Gasteiger partial charge in [-0.1, -0.05) is 58.4 Å². The first-order valence-electron chi connectivity index (χ1n) is 6.24. The Morgan fingerprint density at radius 2 is 1.74 bits per heavy atom. The Bertz CT molecular complexity index is 536. The van der Waals surface area contributed by atoms with E-state index in [-0.39, 0.29) is 11.9 Å². The molecule has 19 heavy (non-hydrogen) atoms. The van der Waals surface area contributed by atoms with Gasteiger partial charge in [-0.25, -0.2) is 0 Å². The van der Waals surface area contributed by atoms with Crippen molar-refractivity contribution in [2.45, 2.75) is 19.4 Å². The van der Waals surface area contributed by atoms with Crippen LogP contribution in [-0.2, 0) is 11.2 Å². The van der Waals surface area contributed by atoms with Gasteiger partial charge in [0.15, 0.2) is 0 Å². The summed E-state index contributed by atoms with van der Waals surface area (Å²) >= 11 is 3.40. The highest BCUT2D eigenvalue weighted by Gasteiger charge is 2.09. The van der Waals surface area contributed by atoms with Crippen molar-refractivity contribution >= 4 is 21.8 Å². The molecule has 0 radical (unpaired) electrons. The summed E-state index contributed by atoms with van der Waals surface area (Å²) in [5.74, 6) is 0.0432. The van der Waals surface area contributed by atoms with Crippen molar-refractivity contribution < 1.29 is 4.79 Å². The Labute approximate surface area is 122 Å². The summed E-state index contributed by atoms with van der Waals surface area (Å²) in [6, 6.07) is 17.8. The molecular formula is C16H16BrNO. The van der Waals surface area contributed by atoms with E-state index in [1.807, 2.05) is 61.5 Å². The van der Waals surface area contributed by atoms with E-state index in [4.69, 9.17) is 0 Å². The van der Waals surface area contributed by atoms with Crippen molar-refractivity contribution in [3.63, 3.8) is 0 Å². The lowest BCUT2D eigenvalue weighted by molar-refractivity contribution is -0.121. The molecule has 1 amide bonds. The van der Waals surface area contributed by atoms with Crippen LogP contribution in [0, 0.1) is 0 Å². The highest BCUT2D eigenvalue weighted by Crippen LogP contribution is 2.16. The molecule has 0 spiro atoms. The average molecular weight is 318 g/mol. The molecule has 0 saturated carbocycles. The Kier molecular flexibility index (Phi) is 4.74. The number of rotatable bonds is 4. The minimum absolute atomic E-state index is 0.0179. The molecular weight excluding hydrogens is 302 g/mol. The molecule has 2 rings (SSSR count). The van der Waals surface area contributed by atoms with Gasteiger partial charge in [0.1, 0.15) is 0 Å². The normalized spacial score (nSPS) is 11.9. The lowest BCUT2D eigenvalue weighted by Crippen LogP contribution is -2.28. The molecule has 0 heterocycles. The van der Waals surface area contributed by atoms with Gasteiger partial charge in [0.2, 0.25) is 5.91 Å². The smallest absolute Gasteiger partial charge is 0.224 e. The van der Waals surface area contributed by atoms with Crippen LogP contribution in [0.25, 0.3) is 0 Å². The predicted octanol–water partition coefficient (Wildman–Crippen LogP) is 3.87. The van der Waals surface area contributed by atoms with Crippen LogP contribution in [0.3, 0.4) is 0 Å². The molecule has 0 saturated heterocycles. The van der Waals surface area contributed by atoms with Crippen molar-refractivity contribution in [1.82, 2.24) is 5.32 Å². The number of amides is 1. The maximum Gasteiger partial charge on any atom is 0.224 e. The summed E-state index contributed by atoms with van der Waals surface area (Å²) in [5, 5.41) is 3.01. The summed E-state index contributed by atoms with van der Waals surface area (Å²) in [4.78, 5) is 11.9. The molecule has 0 unspecified atom stereocenters. The predicted molar refractivity (Wildman–Crippen MR) is 80.8 cm³/mol. The van der Waals surface area contributed by atoms with Crippen LogP contribution in [0.4, 0.5) is 0 Å². The quantitative estimate of drug-likeness (QED) is 0.911. The summed E-state index contributed by atoms with van der Waals surface area (Å²) in [6.45, 7) is 1.99. The molecule has 0 bridgehead atoms. The van der Waals surface area contributed by atoms with E-state index in [0.717, 1.165) is 15.6 Å². The number of hydrogen-bond donors (Lipinski definition) is 1. The highest BCUT2D eigenvalue weighted by molar-refractivity contribution is 9.10. The van der Waals surface area contributed by atoms with Gasteiger partial charge in [-0.15, -0.1) is 0 Å². The third kappa shape index (κ3) is 4.21. The van der Waals surface area contributed by atoms with Crippen molar-refractivity contribution in [2.24, 2.45) is 0 Å². The Morgan fingerprint density at radius 3 is 2.37 bits per heavy atom. The van der Waals surface area contributed by atoms with E-state index >= 15 is 0 Å². The van der Waals surface area contributed by atoms with E-state index < -0.39 is 0 Å². The molecule has 2 aromatic rings. The topological polar surface area (TPSA) is 29.1 Å². The number of halogens is 1. The molecule has 3 heteroatoms. The fourth-order valence-electron chi connectivity index (χ4n) is 1.91. The van der Waals surface area contributed by atoms with E-state index in [1.165, 1.54) is 0 Å². The molecule has 1 atom stereocenters. The molecule has 0 fully saturated rings. The van der Waals surface area contributed by atoms with E-state index in [2.05, 4.69) is 21.2 Å². The van der Waals surface area contributed by atoms with Crippen LogP contribution in [0.15, 0.2) is 59.1 Å². The van der Waals surface area contributed by atoms with Crippen molar-refractivity contribution in [1.29, 1.82) is 0 Å². The molecule has 98 valence electrons. The van der Waals surface area contributed by atoms with Crippen LogP contribution < -0.4 is 5.32 Å². The molecule has 0 aliphatic heterocycles. The zero-order valence-electron chi connectivity index (χ0n) is 10.8. The Balaban J connectivity index is 1.93. The monoisotopic (exact) mass is 317 g/mol. The van der Waals surface area contributed by atoms with E-state index in [0.29, 0.717) is 6.42 Å². The van der Waals surface area contributed by atoms with Crippen LogP contribution in [-0.4, -0.2) is 5.91 Å². The van der Waals surface area contributed by atoms with Crippen LogP contribution >= 0.6 is 15.9 Å². The fraction of sp³-hybridized carbons (Fsp3) is 0.188. The summed E-state index contributed by atoms with van der Waals surface area (Å²) < 4.78 is 1.04. The first-order valence-corrected chi connectivity index (χ1v) is 7.03. The third-order valence-electron chi connectivity index (χ3n) is 2.96. The highest BCUT2D eigenvalue weighted by atomic mass is 79.9. The largest absolute Gasteiger partial charge is 0.349 e. The summed E-state index contributed by atoms with van der Waals surface area (Å²) in [6.07, 6.45) is 0.418. The van der Waals surface area contributed by atoms with Gasteiger partial charge in [-0.3, -0.25) is 4.79 Å². The Morgan fingerprint density at radius 1 is 1.11 bits per heavy atom. The molecule has 0 aliphatic carbocycles. The number of nitrogens with one attached hydrogen (secondary N) is 1. The SMILES string of the molecule is C[C@@H](NC(=O)Cc1ccccc1)c1ccc(Br)cc1. The van der Waals surface area contributed by atoms with Gasteiger partial charge in [0.25, 0.3) is 0 Å². The molecule has 0 aromatic heterocycles. The van der Waals surface area contributed by atoms with Gasteiger partial charge >= 0.3 is 0 Å². The van der Waals surface area contributed by atoms with Crippen molar-refractivity contribution in [3.8, 4) is 0 Å². The van der Waals surface area contributed by atoms with Gasteiger partial charge in [0.05, 0.1) is 12.5 Å². The number of benzene rings is 2. The van der Waals surface area contributed by atoms with E-state index in [1.54, 1.807) is 0 Å². The first kappa shape index (κ1) is 13.8. The van der Waals surface area contributed by atoms with Crippen LogP contribution in [0.1, 0.15) is 24.1 Å². The third-order valence-corrected chi connectivity index (χ3v) is 3.48. The lowest BCUT2D eigenvalue weighted by atomic mass is 10.1. The molecule has 2 aromatic carbocycles. The number of carbonyl (C=O) groups is 1. The molecule has 0 aliphatic rings. The minimum Gasteiger partial charge on any atom is -0.349 e. The summed E-state index contributed by atoms with van der Waals surface area (Å²) in [5.41, 5.74) is 2.13. The minimum atomic E-state index is 0.0179. The second kappa shape index (κ2) is 6.53.